The normalized spacial score (nSPS) is 12.9. The van der Waals surface area contributed by atoms with Crippen molar-refractivity contribution in [3.63, 3.8) is 0 Å². The number of carboxylic acids is 1. The number of unbranched alkanes of at least 4 members (excludes halogenated alkanes) is 23. The molecule has 9 nitrogen and oxygen atoms in total. The molecule has 0 aromatic carbocycles. The molecule has 0 rings (SSSR count). The average Bonchev–Trinajstić information content (AvgIpc) is 3.22. The van der Waals surface area contributed by atoms with Crippen LogP contribution in [0.4, 0.5) is 0 Å². The first-order valence-electron chi connectivity index (χ1n) is 24.0. The van der Waals surface area contributed by atoms with E-state index >= 15 is 0 Å². The van der Waals surface area contributed by atoms with E-state index in [9.17, 15) is 19.2 Å². The Hall–Kier alpha value is -3.20. The van der Waals surface area contributed by atoms with E-state index < -0.39 is 24.5 Å². The highest BCUT2D eigenvalue weighted by atomic mass is 16.5. The standard InChI is InChI=1S/C50H88N2O7/c1-3-5-7-9-11-13-14-15-16-17-18-19-20-21-22-23-24-26-28-34-38-42-49(56)59-45(39-35-31-27-25-12-10-8-6-4-2)40-36-32-29-30-33-37-41-47(54)51-43-48(55)52-46(44-53)50(57)58/h14-15,17-18,20-21,35,39,45-46,53H,3-13,16,19,22-34,36-38,40-44H2,1-2H3,(H,51,54)(H,52,55)(H,57,58)/b15-14-,18-17-,21-20-,39-35-. The van der Waals surface area contributed by atoms with Gasteiger partial charge in [-0.15, -0.1) is 0 Å². The van der Waals surface area contributed by atoms with Crippen LogP contribution in [0.25, 0.3) is 0 Å². The van der Waals surface area contributed by atoms with Crippen molar-refractivity contribution in [3.05, 3.63) is 48.6 Å². The molecule has 2 atom stereocenters. The van der Waals surface area contributed by atoms with Gasteiger partial charge in [0.05, 0.1) is 13.2 Å². The number of hydrogen-bond acceptors (Lipinski definition) is 6. The van der Waals surface area contributed by atoms with E-state index in [4.69, 9.17) is 14.9 Å². The van der Waals surface area contributed by atoms with Gasteiger partial charge in [-0.2, -0.15) is 0 Å². The monoisotopic (exact) mass is 829 g/mol. The second-order valence-corrected chi connectivity index (χ2v) is 16.2. The number of aliphatic carboxylic acids is 1. The number of carbonyl (C=O) groups excluding carboxylic acids is 3. The Morgan fingerprint density at radius 3 is 1.47 bits per heavy atom. The second kappa shape index (κ2) is 44.4. The first-order valence-corrected chi connectivity index (χ1v) is 24.0. The van der Waals surface area contributed by atoms with Gasteiger partial charge in [-0.1, -0.05) is 172 Å². The van der Waals surface area contributed by atoms with Crippen molar-refractivity contribution >= 4 is 23.8 Å². The van der Waals surface area contributed by atoms with E-state index in [-0.39, 0.29) is 24.5 Å². The molecule has 0 saturated carbocycles. The molecule has 2 amide bonds. The highest BCUT2D eigenvalue weighted by Gasteiger charge is 2.18. The van der Waals surface area contributed by atoms with Gasteiger partial charge in [-0.3, -0.25) is 14.4 Å². The average molecular weight is 829 g/mol. The number of aliphatic hydroxyl groups excluding tert-OH is 1. The van der Waals surface area contributed by atoms with Gasteiger partial charge in [0.15, 0.2) is 0 Å². The minimum absolute atomic E-state index is 0.0885. The third-order valence-corrected chi connectivity index (χ3v) is 10.5. The van der Waals surface area contributed by atoms with Gasteiger partial charge in [0.1, 0.15) is 12.1 Å². The van der Waals surface area contributed by atoms with Gasteiger partial charge >= 0.3 is 11.9 Å². The number of aliphatic hydroxyl groups is 1. The summed E-state index contributed by atoms with van der Waals surface area (Å²) in [6.07, 6.45) is 53.0. The lowest BCUT2D eigenvalue weighted by molar-refractivity contribution is -0.147. The molecule has 0 bridgehead atoms. The molecule has 0 radical (unpaired) electrons. The molecule has 9 heteroatoms. The summed E-state index contributed by atoms with van der Waals surface area (Å²) >= 11 is 0. The Morgan fingerprint density at radius 2 is 0.966 bits per heavy atom. The number of esters is 1. The molecule has 2 unspecified atom stereocenters. The molecular formula is C50H88N2O7. The lowest BCUT2D eigenvalue weighted by atomic mass is 10.0. The lowest BCUT2D eigenvalue weighted by Crippen LogP contribution is -2.47. The number of amides is 2. The maximum absolute atomic E-state index is 12.8. The maximum Gasteiger partial charge on any atom is 0.328 e. The molecule has 59 heavy (non-hydrogen) atoms. The maximum atomic E-state index is 12.8. The fourth-order valence-electron chi connectivity index (χ4n) is 6.81. The zero-order valence-electron chi connectivity index (χ0n) is 37.8. The van der Waals surface area contributed by atoms with Gasteiger partial charge in [-0.25, -0.2) is 4.79 Å². The van der Waals surface area contributed by atoms with Gasteiger partial charge < -0.3 is 25.6 Å². The number of allylic oxidation sites excluding steroid dienone is 7. The largest absolute Gasteiger partial charge is 0.480 e. The van der Waals surface area contributed by atoms with Gasteiger partial charge in [0, 0.05) is 12.8 Å². The van der Waals surface area contributed by atoms with Gasteiger partial charge in [0.25, 0.3) is 0 Å². The highest BCUT2D eigenvalue weighted by Crippen LogP contribution is 2.16. The van der Waals surface area contributed by atoms with Crippen LogP contribution < -0.4 is 10.6 Å². The van der Waals surface area contributed by atoms with E-state index in [0.717, 1.165) is 83.5 Å². The van der Waals surface area contributed by atoms with Crippen molar-refractivity contribution < 1.29 is 34.1 Å². The Morgan fingerprint density at radius 1 is 0.525 bits per heavy atom. The van der Waals surface area contributed by atoms with Crippen molar-refractivity contribution in [1.29, 1.82) is 0 Å². The van der Waals surface area contributed by atoms with Crippen molar-refractivity contribution in [2.24, 2.45) is 0 Å². The summed E-state index contributed by atoms with van der Waals surface area (Å²) in [5, 5.41) is 22.5. The zero-order valence-corrected chi connectivity index (χ0v) is 37.8. The lowest BCUT2D eigenvalue weighted by Gasteiger charge is -2.15. The number of ether oxygens (including phenoxy) is 1. The molecule has 0 heterocycles. The van der Waals surface area contributed by atoms with E-state index in [1.54, 1.807) is 0 Å². The summed E-state index contributed by atoms with van der Waals surface area (Å²) in [6, 6.07) is -1.38. The molecule has 0 aliphatic heterocycles. The van der Waals surface area contributed by atoms with Crippen molar-refractivity contribution in [2.45, 2.75) is 231 Å². The van der Waals surface area contributed by atoms with E-state index in [0.29, 0.717) is 19.3 Å². The third kappa shape index (κ3) is 41.3. The summed E-state index contributed by atoms with van der Waals surface area (Å²) in [4.78, 5) is 47.5. The molecule has 0 fully saturated rings. The molecule has 4 N–H and O–H groups in total. The predicted molar refractivity (Wildman–Crippen MR) is 245 cm³/mol. The SMILES string of the molecule is CCCCCCC/C=C\C/C=C\C/C=C\CCCCCCCCC(=O)OC(/C=C\CCCCCCCCC)CCCCCCCCC(=O)NCC(=O)NC(CO)C(=O)O. The molecular weight excluding hydrogens is 741 g/mol. The molecule has 340 valence electrons. The topological polar surface area (TPSA) is 142 Å². The number of nitrogens with one attached hydrogen (secondary N) is 2. The van der Waals surface area contributed by atoms with Crippen LogP contribution in [-0.2, 0) is 23.9 Å². The summed E-state index contributed by atoms with van der Waals surface area (Å²) in [5.74, 6) is -2.33. The van der Waals surface area contributed by atoms with Gasteiger partial charge in [0.2, 0.25) is 11.8 Å². The predicted octanol–water partition coefficient (Wildman–Crippen LogP) is 12.3. The van der Waals surface area contributed by atoms with Crippen molar-refractivity contribution in [2.75, 3.05) is 13.2 Å². The first kappa shape index (κ1) is 55.8. The molecule has 0 aromatic rings. The fraction of sp³-hybridized carbons (Fsp3) is 0.760. The summed E-state index contributed by atoms with van der Waals surface area (Å²) < 4.78 is 5.96. The number of carboxylic acid groups (broad SMARTS) is 1. The summed E-state index contributed by atoms with van der Waals surface area (Å²) in [6.45, 7) is 3.47. The number of carbonyl (C=O) groups is 4. The Balaban J connectivity index is 4.23. The minimum Gasteiger partial charge on any atom is -0.480 e. The Labute approximate surface area is 360 Å². The quantitative estimate of drug-likeness (QED) is 0.0272. The van der Waals surface area contributed by atoms with E-state index in [2.05, 4.69) is 73.1 Å². The zero-order chi connectivity index (χ0) is 43.3. The van der Waals surface area contributed by atoms with Crippen LogP contribution in [0.3, 0.4) is 0 Å². The van der Waals surface area contributed by atoms with E-state index in [1.807, 2.05) is 0 Å². The first-order chi connectivity index (χ1) is 28.8. The Bertz CT molecular complexity index is 1130. The Kier molecular flexibility index (Phi) is 41.9. The molecule has 0 aromatic heterocycles. The van der Waals surface area contributed by atoms with Crippen LogP contribution >= 0.6 is 0 Å². The van der Waals surface area contributed by atoms with Crippen LogP contribution in [0.5, 0.6) is 0 Å². The summed E-state index contributed by atoms with van der Waals surface area (Å²) in [7, 11) is 0. The van der Waals surface area contributed by atoms with E-state index in [1.165, 1.54) is 103 Å². The molecule has 0 saturated heterocycles. The van der Waals surface area contributed by atoms with Crippen LogP contribution in [0, 0.1) is 0 Å². The molecule has 0 aliphatic carbocycles. The minimum atomic E-state index is -1.38. The molecule has 0 aliphatic rings. The van der Waals surface area contributed by atoms with Crippen molar-refractivity contribution in [1.82, 2.24) is 10.6 Å². The van der Waals surface area contributed by atoms with Crippen LogP contribution in [-0.4, -0.2) is 59.3 Å². The smallest absolute Gasteiger partial charge is 0.328 e. The summed E-state index contributed by atoms with van der Waals surface area (Å²) in [5.41, 5.74) is 0. The van der Waals surface area contributed by atoms with Crippen molar-refractivity contribution in [3.8, 4) is 0 Å². The molecule has 0 spiro atoms. The van der Waals surface area contributed by atoms with Crippen LogP contribution in [0.1, 0.15) is 219 Å². The van der Waals surface area contributed by atoms with Gasteiger partial charge in [-0.05, 0) is 83.1 Å². The van der Waals surface area contributed by atoms with Crippen LogP contribution in [0.2, 0.25) is 0 Å². The second-order valence-electron chi connectivity index (χ2n) is 16.2. The number of rotatable bonds is 43. The highest BCUT2D eigenvalue weighted by molar-refractivity contribution is 5.87. The number of hydrogen-bond donors (Lipinski definition) is 4. The fourth-order valence-corrected chi connectivity index (χ4v) is 6.81. The third-order valence-electron chi connectivity index (χ3n) is 10.5. The van der Waals surface area contributed by atoms with Crippen LogP contribution in [0.15, 0.2) is 48.6 Å².